The van der Waals surface area contributed by atoms with Crippen molar-refractivity contribution in [3.63, 3.8) is 0 Å². The van der Waals surface area contributed by atoms with Gasteiger partial charge in [-0.25, -0.2) is 0 Å². The molecule has 48 valence electrons. The fraction of sp³-hybridized carbons (Fsp3) is 0. The van der Waals surface area contributed by atoms with Gasteiger partial charge in [0.15, 0.2) is 0 Å². The van der Waals surface area contributed by atoms with Gasteiger partial charge in [0.1, 0.15) is 3.72 Å². The SMILES string of the molecule is C=C/C=C\C(I)=N/C=C. The van der Waals surface area contributed by atoms with Crippen LogP contribution in [-0.4, -0.2) is 3.72 Å². The maximum Gasteiger partial charge on any atom is 0.101 e. The Morgan fingerprint density at radius 3 is 2.56 bits per heavy atom. The van der Waals surface area contributed by atoms with E-state index < -0.39 is 0 Å². The third-order valence-electron chi connectivity index (χ3n) is 0.584. The number of allylic oxidation sites excluding steroid dienone is 3. The van der Waals surface area contributed by atoms with Crippen LogP contribution < -0.4 is 0 Å². The van der Waals surface area contributed by atoms with Crippen molar-refractivity contribution >= 4 is 26.3 Å². The van der Waals surface area contributed by atoms with E-state index in [9.17, 15) is 0 Å². The molecule has 0 bridgehead atoms. The zero-order valence-corrected chi connectivity index (χ0v) is 7.21. The molecule has 1 nitrogen and oxygen atoms in total. The van der Waals surface area contributed by atoms with Crippen molar-refractivity contribution in [1.82, 2.24) is 0 Å². The topological polar surface area (TPSA) is 12.4 Å². The fourth-order valence-corrected chi connectivity index (χ4v) is 0.682. The Bertz CT molecular complexity index is 156. The lowest BCUT2D eigenvalue weighted by Crippen LogP contribution is -1.72. The molecule has 0 aliphatic rings. The Hall–Kier alpha value is -0.380. The highest BCUT2D eigenvalue weighted by Gasteiger charge is 1.77. The number of aliphatic imine (C=N–C) groups is 1. The minimum absolute atomic E-state index is 0.905. The lowest BCUT2D eigenvalue weighted by atomic mass is 10.5. The van der Waals surface area contributed by atoms with E-state index in [0.29, 0.717) is 0 Å². The number of hydrogen-bond acceptors (Lipinski definition) is 1. The lowest BCUT2D eigenvalue weighted by molar-refractivity contribution is 1.62. The van der Waals surface area contributed by atoms with Gasteiger partial charge in [0.2, 0.25) is 0 Å². The summed E-state index contributed by atoms with van der Waals surface area (Å²) in [6, 6.07) is 0. The van der Waals surface area contributed by atoms with Crippen LogP contribution in [0, 0.1) is 0 Å². The number of nitrogens with zero attached hydrogens (tertiary/aromatic N) is 1. The highest BCUT2D eigenvalue weighted by atomic mass is 127. The van der Waals surface area contributed by atoms with Crippen molar-refractivity contribution in [2.45, 2.75) is 0 Å². The first-order valence-electron chi connectivity index (χ1n) is 2.44. The minimum Gasteiger partial charge on any atom is -0.251 e. The van der Waals surface area contributed by atoms with E-state index in [4.69, 9.17) is 0 Å². The van der Waals surface area contributed by atoms with Crippen LogP contribution in [0.3, 0.4) is 0 Å². The van der Waals surface area contributed by atoms with Gasteiger partial charge in [-0.15, -0.1) is 0 Å². The molecule has 0 aromatic heterocycles. The highest BCUT2D eigenvalue weighted by molar-refractivity contribution is 14.1. The minimum atomic E-state index is 0.905. The Labute approximate surface area is 69.0 Å². The summed E-state index contributed by atoms with van der Waals surface area (Å²) in [4.78, 5) is 3.89. The third-order valence-corrected chi connectivity index (χ3v) is 1.22. The largest absolute Gasteiger partial charge is 0.251 e. The molecule has 0 saturated carbocycles. The normalized spacial score (nSPS) is 11.9. The van der Waals surface area contributed by atoms with E-state index in [0.717, 1.165) is 3.72 Å². The van der Waals surface area contributed by atoms with E-state index in [1.807, 2.05) is 12.2 Å². The summed E-state index contributed by atoms with van der Waals surface area (Å²) < 4.78 is 0.905. The van der Waals surface area contributed by atoms with Crippen molar-refractivity contribution in [3.05, 3.63) is 37.6 Å². The first-order valence-corrected chi connectivity index (χ1v) is 3.52. The molecule has 0 aliphatic carbocycles. The first kappa shape index (κ1) is 8.62. The van der Waals surface area contributed by atoms with Gasteiger partial charge in [-0.2, -0.15) is 0 Å². The van der Waals surface area contributed by atoms with Crippen LogP contribution >= 0.6 is 22.6 Å². The molecule has 0 fully saturated rings. The maximum atomic E-state index is 3.89. The van der Waals surface area contributed by atoms with Gasteiger partial charge in [0, 0.05) is 6.20 Å². The number of hydrogen-bond donors (Lipinski definition) is 0. The second-order valence-electron chi connectivity index (χ2n) is 1.23. The van der Waals surface area contributed by atoms with Crippen LogP contribution in [0.4, 0.5) is 0 Å². The van der Waals surface area contributed by atoms with E-state index in [2.05, 4.69) is 40.7 Å². The van der Waals surface area contributed by atoms with Gasteiger partial charge >= 0.3 is 0 Å². The predicted molar refractivity (Wildman–Crippen MR) is 51.0 cm³/mol. The molecule has 0 spiro atoms. The van der Waals surface area contributed by atoms with Gasteiger partial charge in [0.25, 0.3) is 0 Å². The summed E-state index contributed by atoms with van der Waals surface area (Å²) in [6.07, 6.45) is 6.90. The molecule has 0 radical (unpaired) electrons. The van der Waals surface area contributed by atoms with Gasteiger partial charge < -0.3 is 0 Å². The van der Waals surface area contributed by atoms with Crippen LogP contribution in [0.2, 0.25) is 0 Å². The Morgan fingerprint density at radius 1 is 1.44 bits per heavy atom. The van der Waals surface area contributed by atoms with Crippen LogP contribution in [0.1, 0.15) is 0 Å². The monoisotopic (exact) mass is 233 g/mol. The Balaban J connectivity index is 3.88. The molecule has 0 unspecified atom stereocenters. The van der Waals surface area contributed by atoms with E-state index in [1.54, 1.807) is 6.08 Å². The van der Waals surface area contributed by atoms with Crippen molar-refractivity contribution in [1.29, 1.82) is 0 Å². The fourth-order valence-electron chi connectivity index (χ4n) is 0.278. The molecule has 0 amide bonds. The second-order valence-corrected chi connectivity index (χ2v) is 2.33. The first-order chi connectivity index (χ1) is 4.31. The van der Waals surface area contributed by atoms with E-state index in [-0.39, 0.29) is 0 Å². The molecule has 2 heteroatoms. The van der Waals surface area contributed by atoms with Crippen LogP contribution in [0.25, 0.3) is 0 Å². The molecular weight excluding hydrogens is 225 g/mol. The Morgan fingerprint density at radius 2 is 2.11 bits per heavy atom. The van der Waals surface area contributed by atoms with Crippen molar-refractivity contribution < 1.29 is 0 Å². The van der Waals surface area contributed by atoms with Crippen molar-refractivity contribution in [3.8, 4) is 0 Å². The highest BCUT2D eigenvalue weighted by Crippen LogP contribution is 1.93. The van der Waals surface area contributed by atoms with Crippen molar-refractivity contribution in [2.75, 3.05) is 0 Å². The summed E-state index contributed by atoms with van der Waals surface area (Å²) in [5.74, 6) is 0. The number of halogens is 1. The van der Waals surface area contributed by atoms with Crippen LogP contribution in [0.15, 0.2) is 42.6 Å². The summed E-state index contributed by atoms with van der Waals surface area (Å²) >= 11 is 2.11. The molecule has 0 saturated heterocycles. The molecule has 0 aliphatic heterocycles. The second kappa shape index (κ2) is 5.75. The molecule has 0 heterocycles. The molecule has 0 aromatic carbocycles. The molecule has 9 heavy (non-hydrogen) atoms. The zero-order valence-electron chi connectivity index (χ0n) is 5.05. The zero-order chi connectivity index (χ0) is 7.11. The van der Waals surface area contributed by atoms with Crippen molar-refractivity contribution in [2.24, 2.45) is 4.99 Å². The third kappa shape index (κ3) is 5.49. The summed E-state index contributed by atoms with van der Waals surface area (Å²) in [7, 11) is 0. The van der Waals surface area contributed by atoms with E-state index >= 15 is 0 Å². The van der Waals surface area contributed by atoms with E-state index in [1.165, 1.54) is 6.20 Å². The molecule has 0 aromatic rings. The summed E-state index contributed by atoms with van der Waals surface area (Å²) in [6.45, 7) is 6.98. The average molecular weight is 233 g/mol. The van der Waals surface area contributed by atoms with Gasteiger partial charge in [-0.1, -0.05) is 25.3 Å². The lowest BCUT2D eigenvalue weighted by Gasteiger charge is -1.80. The quantitative estimate of drug-likeness (QED) is 0.403. The standard InChI is InChI=1S/C7H8IN/c1-3-5-6-7(8)9-4-2/h3-6H,1-2H2/b6-5-,9-7+. The molecular formula is C7H8IN. The van der Waals surface area contributed by atoms with Crippen LogP contribution in [0.5, 0.6) is 0 Å². The van der Waals surface area contributed by atoms with Crippen LogP contribution in [-0.2, 0) is 0 Å². The maximum absolute atomic E-state index is 3.89. The van der Waals surface area contributed by atoms with Gasteiger partial charge in [0.05, 0.1) is 0 Å². The average Bonchev–Trinajstić information content (AvgIpc) is 1.85. The summed E-state index contributed by atoms with van der Waals surface area (Å²) in [5, 5.41) is 0. The smallest absolute Gasteiger partial charge is 0.101 e. The Kier molecular flexibility index (Phi) is 5.51. The number of rotatable bonds is 3. The summed E-state index contributed by atoms with van der Waals surface area (Å²) in [5.41, 5.74) is 0. The van der Waals surface area contributed by atoms with Gasteiger partial charge in [-0.05, 0) is 28.7 Å². The predicted octanol–water partition coefficient (Wildman–Crippen LogP) is 2.71. The van der Waals surface area contributed by atoms with Gasteiger partial charge in [-0.3, -0.25) is 4.99 Å². The molecule has 0 rings (SSSR count). The molecule has 0 N–H and O–H groups in total. The molecule has 0 atom stereocenters.